The highest BCUT2D eigenvalue weighted by Crippen LogP contribution is 2.25. The van der Waals surface area contributed by atoms with Crippen LogP contribution in [0.15, 0.2) is 12.1 Å². The van der Waals surface area contributed by atoms with Crippen molar-refractivity contribution in [3.8, 4) is 6.01 Å². The lowest BCUT2D eigenvalue weighted by atomic mass is 9.97. The van der Waals surface area contributed by atoms with E-state index in [1.54, 1.807) is 13.1 Å². The molecule has 8 nitrogen and oxygen atoms in total. The average molecular weight is 358 g/mol. The van der Waals surface area contributed by atoms with Crippen LogP contribution in [0.5, 0.6) is 6.01 Å². The maximum absolute atomic E-state index is 12.0. The topological polar surface area (TPSA) is 102 Å². The van der Waals surface area contributed by atoms with Crippen LogP contribution in [0, 0.1) is 6.92 Å². The molecule has 140 valence electrons. The molecule has 2 rings (SSSR count). The molecule has 0 aliphatic heterocycles. The maximum Gasteiger partial charge on any atom is 0.318 e. The van der Waals surface area contributed by atoms with E-state index in [0.717, 1.165) is 17.7 Å². The third-order valence-corrected chi connectivity index (χ3v) is 3.84. The first-order valence-corrected chi connectivity index (χ1v) is 8.73. The summed E-state index contributed by atoms with van der Waals surface area (Å²) in [6, 6.07) is 3.94. The molecule has 2 heterocycles. The van der Waals surface area contributed by atoms with E-state index in [0.29, 0.717) is 23.3 Å². The number of anilines is 2. The molecule has 0 fully saturated rings. The van der Waals surface area contributed by atoms with Gasteiger partial charge in [-0.25, -0.2) is 4.98 Å². The summed E-state index contributed by atoms with van der Waals surface area (Å²) in [6.45, 7) is 9.82. The van der Waals surface area contributed by atoms with Gasteiger partial charge in [-0.1, -0.05) is 13.8 Å². The Hall–Kier alpha value is -2.77. The van der Waals surface area contributed by atoms with Gasteiger partial charge in [-0.15, -0.1) is 10.2 Å². The van der Waals surface area contributed by atoms with Gasteiger partial charge in [-0.2, -0.15) is 4.98 Å². The first-order valence-electron chi connectivity index (χ1n) is 8.73. The smallest absolute Gasteiger partial charge is 0.318 e. The van der Waals surface area contributed by atoms with Crippen molar-refractivity contribution in [3.63, 3.8) is 0 Å². The second-order valence-corrected chi connectivity index (χ2v) is 6.39. The van der Waals surface area contributed by atoms with Crippen LogP contribution in [0.25, 0.3) is 0 Å². The van der Waals surface area contributed by atoms with Gasteiger partial charge in [-0.05, 0) is 44.7 Å². The standard InChI is InChI=1S/C18H26N6O2/c1-7-11(4)13-9-15(23-24-16(13)17(25)19-6)21-14-8-12(5)20-18(22-14)26-10(2)3/h8-11H,7H2,1-6H3,(H,19,25)(H,20,21,22,23). The van der Waals surface area contributed by atoms with Crippen LogP contribution in [0.4, 0.5) is 11.6 Å². The fraction of sp³-hybridized carbons (Fsp3) is 0.500. The van der Waals surface area contributed by atoms with Gasteiger partial charge < -0.3 is 15.4 Å². The number of hydrogen-bond donors (Lipinski definition) is 2. The number of aryl methyl sites for hydroxylation is 1. The van der Waals surface area contributed by atoms with Crippen molar-refractivity contribution in [2.75, 3.05) is 12.4 Å². The molecule has 1 amide bonds. The fourth-order valence-electron chi connectivity index (χ4n) is 2.36. The summed E-state index contributed by atoms with van der Waals surface area (Å²) in [5.41, 5.74) is 1.96. The van der Waals surface area contributed by atoms with E-state index < -0.39 is 0 Å². The number of amides is 1. The van der Waals surface area contributed by atoms with Crippen molar-refractivity contribution < 1.29 is 9.53 Å². The molecule has 0 radical (unpaired) electrons. The van der Waals surface area contributed by atoms with Gasteiger partial charge in [0.05, 0.1) is 6.10 Å². The van der Waals surface area contributed by atoms with Gasteiger partial charge in [0.15, 0.2) is 11.5 Å². The summed E-state index contributed by atoms with van der Waals surface area (Å²) in [7, 11) is 1.58. The van der Waals surface area contributed by atoms with Gasteiger partial charge in [0.25, 0.3) is 5.91 Å². The molecule has 8 heteroatoms. The number of ether oxygens (including phenoxy) is 1. The van der Waals surface area contributed by atoms with Crippen LogP contribution in [-0.4, -0.2) is 39.2 Å². The van der Waals surface area contributed by atoms with Crippen molar-refractivity contribution in [1.82, 2.24) is 25.5 Å². The SMILES string of the molecule is CCC(C)c1cc(Nc2cc(C)nc(OC(C)C)n2)nnc1C(=O)NC. The molecular weight excluding hydrogens is 332 g/mol. The predicted molar refractivity (Wildman–Crippen MR) is 99.9 cm³/mol. The molecular formula is C18H26N6O2. The highest BCUT2D eigenvalue weighted by Gasteiger charge is 2.18. The minimum Gasteiger partial charge on any atom is -0.461 e. The number of nitrogens with zero attached hydrogens (tertiary/aromatic N) is 4. The Balaban J connectivity index is 2.35. The lowest BCUT2D eigenvalue weighted by molar-refractivity contribution is 0.0955. The van der Waals surface area contributed by atoms with Crippen LogP contribution in [0.1, 0.15) is 61.8 Å². The van der Waals surface area contributed by atoms with Crippen molar-refractivity contribution in [1.29, 1.82) is 0 Å². The molecule has 26 heavy (non-hydrogen) atoms. The third-order valence-electron chi connectivity index (χ3n) is 3.84. The Morgan fingerprint density at radius 3 is 2.50 bits per heavy atom. The van der Waals surface area contributed by atoms with Crippen molar-refractivity contribution in [3.05, 3.63) is 29.1 Å². The number of hydrogen-bond acceptors (Lipinski definition) is 7. The predicted octanol–water partition coefficient (Wildman–Crippen LogP) is 2.98. The zero-order chi connectivity index (χ0) is 19.3. The lowest BCUT2D eigenvalue weighted by Gasteiger charge is -2.15. The first-order chi connectivity index (χ1) is 12.3. The lowest BCUT2D eigenvalue weighted by Crippen LogP contribution is -2.22. The second kappa shape index (κ2) is 8.55. The molecule has 1 unspecified atom stereocenters. The maximum atomic E-state index is 12.0. The molecule has 0 spiro atoms. The summed E-state index contributed by atoms with van der Waals surface area (Å²) in [5.74, 6) is 1.00. The first kappa shape index (κ1) is 19.6. The molecule has 0 aromatic carbocycles. The van der Waals surface area contributed by atoms with Gasteiger partial charge in [-0.3, -0.25) is 4.79 Å². The van der Waals surface area contributed by atoms with E-state index in [2.05, 4.69) is 44.6 Å². The normalized spacial score (nSPS) is 12.0. The van der Waals surface area contributed by atoms with Crippen LogP contribution < -0.4 is 15.4 Å². The average Bonchev–Trinajstić information content (AvgIpc) is 2.59. The molecule has 0 saturated carbocycles. The van der Waals surface area contributed by atoms with Gasteiger partial charge in [0, 0.05) is 18.8 Å². The minimum atomic E-state index is -0.246. The van der Waals surface area contributed by atoms with E-state index in [9.17, 15) is 4.79 Å². The highest BCUT2D eigenvalue weighted by molar-refractivity contribution is 5.93. The third kappa shape index (κ3) is 4.87. The van der Waals surface area contributed by atoms with Crippen molar-refractivity contribution in [2.45, 2.75) is 53.1 Å². The zero-order valence-electron chi connectivity index (χ0n) is 16.1. The Morgan fingerprint density at radius 1 is 1.15 bits per heavy atom. The summed E-state index contributed by atoms with van der Waals surface area (Å²) >= 11 is 0. The van der Waals surface area contributed by atoms with Crippen LogP contribution in [0.3, 0.4) is 0 Å². The van der Waals surface area contributed by atoms with Crippen LogP contribution in [-0.2, 0) is 0 Å². The number of aromatic nitrogens is 4. The Kier molecular flexibility index (Phi) is 6.43. The summed E-state index contributed by atoms with van der Waals surface area (Å²) in [6.07, 6.45) is 0.863. The van der Waals surface area contributed by atoms with Crippen LogP contribution in [0.2, 0.25) is 0 Å². The molecule has 1 atom stereocenters. The van der Waals surface area contributed by atoms with Gasteiger partial charge in [0.2, 0.25) is 0 Å². The minimum absolute atomic E-state index is 0.0201. The van der Waals surface area contributed by atoms with Crippen LogP contribution >= 0.6 is 0 Å². The van der Waals surface area contributed by atoms with Crippen molar-refractivity contribution in [2.24, 2.45) is 0 Å². The van der Waals surface area contributed by atoms with Gasteiger partial charge in [0.1, 0.15) is 5.82 Å². The van der Waals surface area contributed by atoms with E-state index in [4.69, 9.17) is 4.74 Å². The summed E-state index contributed by atoms with van der Waals surface area (Å²) < 4.78 is 5.57. The fourth-order valence-corrected chi connectivity index (χ4v) is 2.36. The molecule has 2 N–H and O–H groups in total. The van der Waals surface area contributed by atoms with E-state index in [-0.39, 0.29) is 17.9 Å². The molecule has 0 saturated heterocycles. The Labute approximate surface area is 153 Å². The largest absolute Gasteiger partial charge is 0.461 e. The quantitative estimate of drug-likeness (QED) is 0.784. The van der Waals surface area contributed by atoms with E-state index in [1.165, 1.54) is 0 Å². The van der Waals surface area contributed by atoms with E-state index in [1.807, 2.05) is 26.8 Å². The second-order valence-electron chi connectivity index (χ2n) is 6.39. The number of carbonyl (C=O) groups is 1. The van der Waals surface area contributed by atoms with E-state index >= 15 is 0 Å². The molecule has 0 aliphatic rings. The van der Waals surface area contributed by atoms with Crippen molar-refractivity contribution >= 4 is 17.5 Å². The summed E-state index contributed by atoms with van der Waals surface area (Å²) in [5, 5.41) is 14.0. The number of carbonyl (C=O) groups excluding carboxylic acids is 1. The Morgan fingerprint density at radius 2 is 1.88 bits per heavy atom. The summed E-state index contributed by atoms with van der Waals surface area (Å²) in [4.78, 5) is 20.7. The number of nitrogens with one attached hydrogen (secondary N) is 2. The Bertz CT molecular complexity index is 778. The zero-order valence-corrected chi connectivity index (χ0v) is 16.1. The number of rotatable bonds is 7. The molecule has 0 bridgehead atoms. The monoisotopic (exact) mass is 358 g/mol. The van der Waals surface area contributed by atoms with Gasteiger partial charge >= 0.3 is 6.01 Å². The molecule has 2 aromatic rings. The molecule has 0 aliphatic carbocycles. The molecule has 2 aromatic heterocycles. The highest BCUT2D eigenvalue weighted by atomic mass is 16.5.